The zero-order valence-corrected chi connectivity index (χ0v) is 19.2. The van der Waals surface area contributed by atoms with E-state index < -0.39 is 0 Å². The number of morpholine rings is 1. The molecule has 1 aromatic rings. The summed E-state index contributed by atoms with van der Waals surface area (Å²) in [5.41, 5.74) is 0. The summed E-state index contributed by atoms with van der Waals surface area (Å²) in [6, 6.07) is 0.454. The number of piperidine rings is 1. The van der Waals surface area contributed by atoms with Crippen molar-refractivity contribution >= 4 is 29.9 Å². The molecule has 27 heavy (non-hydrogen) atoms. The second kappa shape index (κ2) is 11.2. The number of nitrogens with zero attached hydrogens (tertiary/aromatic N) is 5. The molecule has 1 N–H and O–H groups in total. The van der Waals surface area contributed by atoms with Crippen molar-refractivity contribution in [1.29, 1.82) is 0 Å². The quantitative estimate of drug-likeness (QED) is 0.389. The summed E-state index contributed by atoms with van der Waals surface area (Å²) in [5.74, 6) is 2.26. The van der Waals surface area contributed by atoms with Crippen LogP contribution in [0.15, 0.2) is 23.7 Å². The lowest BCUT2D eigenvalue weighted by atomic mass is 9.93. The molecule has 0 aliphatic carbocycles. The van der Waals surface area contributed by atoms with Gasteiger partial charge in [0.05, 0.1) is 25.6 Å². The maximum atomic E-state index is 5.44. The molecule has 0 aromatic carbocycles. The van der Waals surface area contributed by atoms with Crippen LogP contribution < -0.4 is 5.32 Å². The second-order valence-corrected chi connectivity index (χ2v) is 7.74. The number of ether oxygens (including phenoxy) is 1. The number of likely N-dealkylation sites (tertiary alicyclic amines) is 1. The molecule has 3 atom stereocenters. The summed E-state index contributed by atoms with van der Waals surface area (Å²) in [4.78, 5) is 13.7. The highest BCUT2D eigenvalue weighted by atomic mass is 127. The monoisotopic (exact) mass is 490 g/mol. The maximum Gasteiger partial charge on any atom is 0.193 e. The van der Waals surface area contributed by atoms with E-state index in [2.05, 4.69) is 49.7 Å². The number of aliphatic imine (C=N–C) groups is 1. The van der Waals surface area contributed by atoms with Crippen LogP contribution in [0.1, 0.15) is 26.3 Å². The van der Waals surface area contributed by atoms with Crippen molar-refractivity contribution in [1.82, 2.24) is 24.7 Å². The molecule has 2 fully saturated rings. The molecule has 3 rings (SSSR count). The standard InChI is InChI=1S/C19H34N6O.HI/c1-16(13-23-8-10-26-11-9-23)12-22-19(20-3)24-6-4-17(2)18(14-24)25-7-5-21-15-25;/h5,7,15-18H,4,6,8-14H2,1-3H3,(H,20,22);1H. The van der Waals surface area contributed by atoms with E-state index in [4.69, 9.17) is 4.74 Å². The van der Waals surface area contributed by atoms with Gasteiger partial charge in [-0.2, -0.15) is 0 Å². The summed E-state index contributed by atoms with van der Waals surface area (Å²) in [5, 5.41) is 3.60. The lowest BCUT2D eigenvalue weighted by Gasteiger charge is -2.39. The molecule has 3 heterocycles. The Morgan fingerprint density at radius 3 is 2.78 bits per heavy atom. The molecule has 0 spiro atoms. The van der Waals surface area contributed by atoms with Crippen molar-refractivity contribution in [3.63, 3.8) is 0 Å². The predicted octanol–water partition coefficient (Wildman–Crippen LogP) is 1.93. The normalized spacial score (nSPS) is 25.7. The van der Waals surface area contributed by atoms with Gasteiger partial charge in [-0.1, -0.05) is 13.8 Å². The minimum Gasteiger partial charge on any atom is -0.379 e. The van der Waals surface area contributed by atoms with E-state index in [1.165, 1.54) is 6.42 Å². The smallest absolute Gasteiger partial charge is 0.193 e. The highest BCUT2D eigenvalue weighted by Gasteiger charge is 2.29. The van der Waals surface area contributed by atoms with Crippen LogP contribution in [0.4, 0.5) is 0 Å². The number of nitrogens with one attached hydrogen (secondary N) is 1. The summed E-state index contributed by atoms with van der Waals surface area (Å²) in [6.07, 6.45) is 7.05. The number of guanidine groups is 1. The van der Waals surface area contributed by atoms with Crippen molar-refractivity contribution in [2.24, 2.45) is 16.8 Å². The van der Waals surface area contributed by atoms with Crippen molar-refractivity contribution in [2.75, 3.05) is 59.5 Å². The second-order valence-electron chi connectivity index (χ2n) is 7.74. The van der Waals surface area contributed by atoms with Gasteiger partial charge in [-0.25, -0.2) is 4.98 Å². The van der Waals surface area contributed by atoms with Crippen LogP contribution in [0.2, 0.25) is 0 Å². The molecular formula is C19H35IN6O. The topological polar surface area (TPSA) is 57.9 Å². The molecule has 8 heteroatoms. The summed E-state index contributed by atoms with van der Waals surface area (Å²) in [6.45, 7) is 12.6. The third-order valence-electron chi connectivity index (χ3n) is 5.62. The Morgan fingerprint density at radius 1 is 1.33 bits per heavy atom. The van der Waals surface area contributed by atoms with Crippen LogP contribution >= 0.6 is 24.0 Å². The molecule has 2 aliphatic rings. The molecule has 0 bridgehead atoms. The van der Waals surface area contributed by atoms with Gasteiger partial charge < -0.3 is 19.5 Å². The van der Waals surface area contributed by atoms with Gasteiger partial charge in [-0.05, 0) is 18.3 Å². The number of halogens is 1. The molecule has 154 valence electrons. The van der Waals surface area contributed by atoms with E-state index in [1.54, 1.807) is 0 Å². The lowest BCUT2D eigenvalue weighted by molar-refractivity contribution is 0.0320. The van der Waals surface area contributed by atoms with E-state index in [1.807, 2.05) is 19.6 Å². The largest absolute Gasteiger partial charge is 0.379 e. The summed E-state index contributed by atoms with van der Waals surface area (Å²) < 4.78 is 7.68. The fourth-order valence-corrected chi connectivity index (χ4v) is 3.98. The SMILES string of the molecule is CN=C(NCC(C)CN1CCOCC1)N1CCC(C)C(n2ccnc2)C1.I. The van der Waals surface area contributed by atoms with E-state index >= 15 is 0 Å². The Morgan fingerprint density at radius 2 is 2.11 bits per heavy atom. The molecule has 2 saturated heterocycles. The van der Waals surface area contributed by atoms with Gasteiger partial charge in [0.1, 0.15) is 0 Å². The lowest BCUT2D eigenvalue weighted by Crippen LogP contribution is -2.50. The maximum absolute atomic E-state index is 5.44. The summed E-state index contributed by atoms with van der Waals surface area (Å²) >= 11 is 0. The number of hydrogen-bond donors (Lipinski definition) is 1. The van der Waals surface area contributed by atoms with Crippen LogP contribution in [-0.2, 0) is 4.74 Å². The number of hydrogen-bond acceptors (Lipinski definition) is 4. The zero-order chi connectivity index (χ0) is 18.4. The third-order valence-corrected chi connectivity index (χ3v) is 5.62. The minimum absolute atomic E-state index is 0. The molecule has 3 unspecified atom stereocenters. The molecule has 2 aliphatic heterocycles. The first-order valence-corrected chi connectivity index (χ1v) is 9.90. The van der Waals surface area contributed by atoms with E-state index in [-0.39, 0.29) is 24.0 Å². The minimum atomic E-state index is 0. The Bertz CT molecular complexity index is 561. The number of aromatic nitrogens is 2. The molecule has 1 aromatic heterocycles. The molecule has 7 nitrogen and oxygen atoms in total. The van der Waals surface area contributed by atoms with Gasteiger partial charge >= 0.3 is 0 Å². The molecule has 0 amide bonds. The number of imidazole rings is 1. The first-order chi connectivity index (χ1) is 12.7. The van der Waals surface area contributed by atoms with Gasteiger partial charge in [-0.15, -0.1) is 24.0 Å². The Kier molecular flexibility index (Phi) is 9.31. The highest BCUT2D eigenvalue weighted by Crippen LogP contribution is 2.27. The molecule has 0 saturated carbocycles. The Hall–Kier alpha value is -0.870. The Balaban J connectivity index is 0.00000261. The van der Waals surface area contributed by atoms with Crippen LogP contribution in [0, 0.1) is 11.8 Å². The van der Waals surface area contributed by atoms with Crippen LogP contribution in [-0.4, -0.2) is 84.8 Å². The van der Waals surface area contributed by atoms with Gasteiger partial charge in [0.15, 0.2) is 5.96 Å². The van der Waals surface area contributed by atoms with Crippen LogP contribution in [0.3, 0.4) is 0 Å². The number of rotatable bonds is 5. The first-order valence-electron chi connectivity index (χ1n) is 9.90. The van der Waals surface area contributed by atoms with E-state index in [9.17, 15) is 0 Å². The van der Waals surface area contributed by atoms with Crippen LogP contribution in [0.25, 0.3) is 0 Å². The van der Waals surface area contributed by atoms with E-state index in [0.29, 0.717) is 17.9 Å². The van der Waals surface area contributed by atoms with Crippen LogP contribution in [0.5, 0.6) is 0 Å². The molecule has 0 radical (unpaired) electrons. The van der Waals surface area contributed by atoms with Crippen molar-refractivity contribution in [3.8, 4) is 0 Å². The van der Waals surface area contributed by atoms with Gasteiger partial charge in [0.2, 0.25) is 0 Å². The highest BCUT2D eigenvalue weighted by molar-refractivity contribution is 14.0. The zero-order valence-electron chi connectivity index (χ0n) is 16.9. The van der Waals surface area contributed by atoms with Gasteiger partial charge in [0.25, 0.3) is 0 Å². The fourth-order valence-electron chi connectivity index (χ4n) is 3.98. The van der Waals surface area contributed by atoms with Crippen molar-refractivity contribution in [2.45, 2.75) is 26.3 Å². The predicted molar refractivity (Wildman–Crippen MR) is 120 cm³/mol. The van der Waals surface area contributed by atoms with Crippen molar-refractivity contribution in [3.05, 3.63) is 18.7 Å². The first kappa shape index (κ1) is 22.4. The van der Waals surface area contributed by atoms with Crippen molar-refractivity contribution < 1.29 is 4.74 Å². The molecular weight excluding hydrogens is 455 g/mol. The van der Waals surface area contributed by atoms with Gasteiger partial charge in [0, 0.05) is 58.7 Å². The van der Waals surface area contributed by atoms with Gasteiger partial charge in [-0.3, -0.25) is 9.89 Å². The summed E-state index contributed by atoms with van der Waals surface area (Å²) in [7, 11) is 1.89. The average Bonchev–Trinajstić information content (AvgIpc) is 3.18. The average molecular weight is 490 g/mol. The Labute approximate surface area is 180 Å². The third kappa shape index (κ3) is 6.32. The van der Waals surface area contributed by atoms with E-state index in [0.717, 1.165) is 58.4 Å². The fraction of sp³-hybridized carbons (Fsp3) is 0.789.